The zero-order chi connectivity index (χ0) is 18.6. The second kappa shape index (κ2) is 8.07. The molecule has 0 atom stereocenters. The Morgan fingerprint density at radius 1 is 0.962 bits per heavy atom. The quantitative estimate of drug-likeness (QED) is 0.867. The Balaban J connectivity index is 1.55. The van der Waals surface area contributed by atoms with Crippen molar-refractivity contribution in [2.75, 3.05) is 26.2 Å². The third-order valence-corrected chi connectivity index (χ3v) is 6.58. The minimum Gasteiger partial charge on any atom is -0.334 e. The normalized spacial score (nSPS) is 15.7. The van der Waals surface area contributed by atoms with Crippen LogP contribution in [-0.4, -0.2) is 49.8 Å². The van der Waals surface area contributed by atoms with Crippen LogP contribution in [0.3, 0.4) is 0 Å². The molecule has 26 heavy (non-hydrogen) atoms. The second-order valence-electron chi connectivity index (χ2n) is 5.95. The second-order valence-corrected chi connectivity index (χ2v) is 8.30. The molecule has 2 amide bonds. The molecule has 1 aliphatic rings. The molecule has 0 unspecified atom stereocenters. The number of urea groups is 1. The van der Waals surface area contributed by atoms with Crippen molar-refractivity contribution in [2.45, 2.75) is 11.4 Å². The molecule has 1 fully saturated rings. The highest BCUT2D eigenvalue weighted by Gasteiger charge is 2.29. The molecule has 2 aromatic rings. The van der Waals surface area contributed by atoms with Gasteiger partial charge in [-0.25, -0.2) is 13.2 Å². The van der Waals surface area contributed by atoms with E-state index >= 15 is 0 Å². The Kier molecular flexibility index (Phi) is 5.80. The first-order valence-corrected chi connectivity index (χ1v) is 10.1. The standard InChI is InChI=1S/C18H20ClN3O3S/c19-17-9-5-4-6-15(17)14-20-18(23)21-10-12-22(13-11-21)26(24,25)16-7-2-1-3-8-16/h1-9H,10-14H2,(H,20,23). The summed E-state index contributed by atoms with van der Waals surface area (Å²) in [7, 11) is -3.51. The Morgan fingerprint density at radius 2 is 1.58 bits per heavy atom. The van der Waals surface area contributed by atoms with Gasteiger partial charge in [0.1, 0.15) is 0 Å². The number of sulfonamides is 1. The van der Waals surface area contributed by atoms with E-state index in [9.17, 15) is 13.2 Å². The molecule has 1 N–H and O–H groups in total. The molecule has 1 aliphatic heterocycles. The van der Waals surface area contributed by atoms with Crippen LogP contribution in [-0.2, 0) is 16.6 Å². The Bertz CT molecular complexity index is 866. The van der Waals surface area contributed by atoms with E-state index in [2.05, 4.69) is 5.32 Å². The van der Waals surface area contributed by atoms with E-state index in [1.807, 2.05) is 18.2 Å². The van der Waals surface area contributed by atoms with Crippen molar-refractivity contribution in [3.05, 3.63) is 65.2 Å². The van der Waals surface area contributed by atoms with Crippen molar-refractivity contribution in [3.8, 4) is 0 Å². The lowest BCUT2D eigenvalue weighted by atomic mass is 10.2. The fourth-order valence-corrected chi connectivity index (χ4v) is 4.44. The minimum absolute atomic E-state index is 0.221. The molecule has 6 nitrogen and oxygen atoms in total. The molecule has 0 bridgehead atoms. The first-order chi connectivity index (χ1) is 12.5. The Labute approximate surface area is 158 Å². The van der Waals surface area contributed by atoms with Crippen LogP contribution < -0.4 is 5.32 Å². The summed E-state index contributed by atoms with van der Waals surface area (Å²) < 4.78 is 26.6. The van der Waals surface area contributed by atoms with E-state index in [1.54, 1.807) is 41.3 Å². The van der Waals surface area contributed by atoms with Crippen molar-refractivity contribution < 1.29 is 13.2 Å². The number of halogens is 1. The summed E-state index contributed by atoms with van der Waals surface area (Å²) in [4.78, 5) is 14.2. The van der Waals surface area contributed by atoms with E-state index in [-0.39, 0.29) is 24.0 Å². The van der Waals surface area contributed by atoms with Crippen molar-refractivity contribution in [1.29, 1.82) is 0 Å². The molecule has 138 valence electrons. The number of nitrogens with zero attached hydrogens (tertiary/aromatic N) is 2. The van der Waals surface area contributed by atoms with Gasteiger partial charge in [-0.3, -0.25) is 0 Å². The fraction of sp³-hybridized carbons (Fsp3) is 0.278. The third-order valence-electron chi connectivity index (χ3n) is 4.29. The summed E-state index contributed by atoms with van der Waals surface area (Å²) in [5, 5.41) is 3.43. The maximum Gasteiger partial charge on any atom is 0.317 e. The Morgan fingerprint density at radius 3 is 2.23 bits per heavy atom. The van der Waals surface area contributed by atoms with Gasteiger partial charge in [0, 0.05) is 37.7 Å². The van der Waals surface area contributed by atoms with Gasteiger partial charge in [-0.1, -0.05) is 48.0 Å². The summed E-state index contributed by atoms with van der Waals surface area (Å²) >= 11 is 6.08. The van der Waals surface area contributed by atoms with Gasteiger partial charge < -0.3 is 10.2 Å². The molecule has 2 aromatic carbocycles. The summed E-state index contributed by atoms with van der Waals surface area (Å²) in [5.74, 6) is 0. The van der Waals surface area contributed by atoms with Crippen LogP contribution in [0.1, 0.15) is 5.56 Å². The molecule has 0 saturated carbocycles. The fourth-order valence-electron chi connectivity index (χ4n) is 2.80. The molecule has 0 aliphatic carbocycles. The van der Waals surface area contributed by atoms with Gasteiger partial charge in [0.2, 0.25) is 10.0 Å². The molecule has 0 radical (unpaired) electrons. The molecule has 1 heterocycles. The number of benzene rings is 2. The highest BCUT2D eigenvalue weighted by atomic mass is 35.5. The minimum atomic E-state index is -3.51. The summed E-state index contributed by atoms with van der Waals surface area (Å²) in [6.07, 6.45) is 0. The van der Waals surface area contributed by atoms with Gasteiger partial charge >= 0.3 is 6.03 Å². The number of piperazine rings is 1. The van der Waals surface area contributed by atoms with Crippen LogP contribution in [0.4, 0.5) is 4.79 Å². The summed E-state index contributed by atoms with van der Waals surface area (Å²) in [6.45, 7) is 1.58. The number of carbonyl (C=O) groups excluding carboxylic acids is 1. The lowest BCUT2D eigenvalue weighted by Crippen LogP contribution is -2.52. The average Bonchev–Trinajstić information content (AvgIpc) is 2.68. The maximum atomic E-state index is 12.6. The first-order valence-electron chi connectivity index (χ1n) is 8.30. The van der Waals surface area contributed by atoms with Gasteiger partial charge in [0.25, 0.3) is 0 Å². The number of amides is 2. The molecule has 3 rings (SSSR count). The topological polar surface area (TPSA) is 69.7 Å². The third kappa shape index (κ3) is 4.17. The van der Waals surface area contributed by atoms with Crippen LogP contribution in [0, 0.1) is 0 Å². The van der Waals surface area contributed by atoms with Crippen molar-refractivity contribution in [2.24, 2.45) is 0 Å². The van der Waals surface area contributed by atoms with Gasteiger partial charge in [-0.15, -0.1) is 0 Å². The van der Waals surface area contributed by atoms with Gasteiger partial charge in [-0.05, 0) is 23.8 Å². The predicted molar refractivity (Wildman–Crippen MR) is 100 cm³/mol. The van der Waals surface area contributed by atoms with Crippen LogP contribution >= 0.6 is 11.6 Å². The predicted octanol–water partition coefficient (Wildman–Crippen LogP) is 2.56. The number of carbonyl (C=O) groups is 1. The molecule has 8 heteroatoms. The van der Waals surface area contributed by atoms with Gasteiger partial charge in [-0.2, -0.15) is 4.31 Å². The summed E-state index contributed by atoms with van der Waals surface area (Å²) in [5.41, 5.74) is 0.841. The lowest BCUT2D eigenvalue weighted by molar-refractivity contribution is 0.172. The Hall–Kier alpha value is -2.09. The largest absolute Gasteiger partial charge is 0.334 e. The number of nitrogens with one attached hydrogen (secondary N) is 1. The van der Waals surface area contributed by atoms with E-state index in [1.165, 1.54) is 4.31 Å². The van der Waals surface area contributed by atoms with E-state index < -0.39 is 10.0 Å². The first kappa shape index (κ1) is 18.7. The van der Waals surface area contributed by atoms with Crippen molar-refractivity contribution in [3.63, 3.8) is 0 Å². The summed E-state index contributed by atoms with van der Waals surface area (Å²) in [6, 6.07) is 15.4. The van der Waals surface area contributed by atoms with Crippen LogP contribution in [0.5, 0.6) is 0 Å². The maximum absolute atomic E-state index is 12.6. The molecule has 0 aromatic heterocycles. The lowest BCUT2D eigenvalue weighted by Gasteiger charge is -2.34. The van der Waals surface area contributed by atoms with E-state index in [4.69, 9.17) is 11.6 Å². The highest BCUT2D eigenvalue weighted by Crippen LogP contribution is 2.18. The number of rotatable bonds is 4. The van der Waals surface area contributed by atoms with Crippen LogP contribution in [0.15, 0.2) is 59.5 Å². The monoisotopic (exact) mass is 393 g/mol. The SMILES string of the molecule is O=C(NCc1ccccc1Cl)N1CCN(S(=O)(=O)c2ccccc2)CC1. The van der Waals surface area contributed by atoms with Crippen LogP contribution in [0.2, 0.25) is 5.02 Å². The molecule has 0 spiro atoms. The van der Waals surface area contributed by atoms with E-state index in [0.29, 0.717) is 24.7 Å². The van der Waals surface area contributed by atoms with E-state index in [0.717, 1.165) is 5.56 Å². The average molecular weight is 394 g/mol. The smallest absolute Gasteiger partial charge is 0.317 e. The van der Waals surface area contributed by atoms with Gasteiger partial charge in [0.15, 0.2) is 0 Å². The number of hydrogen-bond donors (Lipinski definition) is 1. The highest BCUT2D eigenvalue weighted by molar-refractivity contribution is 7.89. The molecular formula is C18H20ClN3O3S. The zero-order valence-corrected chi connectivity index (χ0v) is 15.7. The van der Waals surface area contributed by atoms with Crippen molar-refractivity contribution in [1.82, 2.24) is 14.5 Å². The molecular weight excluding hydrogens is 374 g/mol. The molecule has 1 saturated heterocycles. The zero-order valence-electron chi connectivity index (χ0n) is 14.1. The number of hydrogen-bond acceptors (Lipinski definition) is 3. The van der Waals surface area contributed by atoms with Crippen molar-refractivity contribution >= 4 is 27.7 Å². The van der Waals surface area contributed by atoms with Gasteiger partial charge in [0.05, 0.1) is 4.90 Å². The van der Waals surface area contributed by atoms with Crippen LogP contribution in [0.25, 0.3) is 0 Å².